The van der Waals surface area contributed by atoms with Crippen LogP contribution in [-0.2, 0) is 0 Å². The fourth-order valence-corrected chi connectivity index (χ4v) is 14.0. The number of aryl methyl sites for hydroxylation is 16. The Kier molecular flexibility index (Phi) is 29.0. The molecule has 16 aromatic rings. The third-order valence-corrected chi connectivity index (χ3v) is 18.3. The molecule has 0 atom stereocenters. The standard InChI is InChI=1S/3C17H14.2C14H14.3C9H12/c1-13-7-5-12-17-15(13)10-6-11-16(17)14-8-3-2-4-9-14;1-13-11-12-16(14-7-3-2-4-8-14)17-10-6-5-9-15(13)17;1-13-7-8-15-9-10-16(12-17(15)11-13)14-5-3-2-4-6-14;2*1-11-8-12(2)10-14(9-11)13-6-4-3-5-7-13;3*1-7-4-8(2)6-9(3)5-7/h3*2-12H,1H3;2*3-10H,1-2H3;3*4-6H,1-3H3. The SMILES string of the molecule is Cc1cc(C)cc(-c2ccccc2)c1.Cc1cc(C)cc(-c2ccccc2)c1.Cc1cc(C)cc(C)c1.Cc1cc(C)cc(C)c1.Cc1cc(C)cc(C)c1.Cc1ccc(-c2ccccc2)c2ccccc12.Cc1ccc2ccc(-c3ccccc3)cc2c1.Cc1cccc2c(-c3ccccc3)cccc12. The maximum Gasteiger partial charge on any atom is -0.0103 e. The van der Waals surface area contributed by atoms with Gasteiger partial charge in [0.05, 0.1) is 0 Å². The van der Waals surface area contributed by atoms with Crippen LogP contribution < -0.4 is 0 Å². The highest BCUT2D eigenvalue weighted by molar-refractivity contribution is 5.99. The van der Waals surface area contributed by atoms with E-state index in [4.69, 9.17) is 0 Å². The molecule has 16 aromatic carbocycles. The maximum absolute atomic E-state index is 2.26. The normalized spacial score (nSPS) is 10.3. The lowest BCUT2D eigenvalue weighted by Gasteiger charge is -2.09. The molecule has 0 saturated carbocycles. The minimum Gasteiger partial charge on any atom is -0.0622 e. The van der Waals surface area contributed by atoms with E-state index in [1.165, 1.54) is 177 Å². The molecule has 0 aromatic heterocycles. The molecule has 0 unspecified atom stereocenters. The van der Waals surface area contributed by atoms with E-state index in [9.17, 15) is 0 Å². The Bertz CT molecular complexity index is 4960. The summed E-state index contributed by atoms with van der Waals surface area (Å²) in [6.07, 6.45) is 0. The highest BCUT2D eigenvalue weighted by Crippen LogP contribution is 2.33. The molecule has 106 heavy (non-hydrogen) atoms. The van der Waals surface area contributed by atoms with Gasteiger partial charge in [-0.3, -0.25) is 0 Å². The average Bonchev–Trinajstić information content (AvgIpc) is 0.772. The first-order valence-electron chi connectivity index (χ1n) is 37.2. The molecule has 0 aliphatic heterocycles. The maximum atomic E-state index is 2.26. The van der Waals surface area contributed by atoms with Crippen molar-refractivity contribution in [2.24, 2.45) is 0 Å². The van der Waals surface area contributed by atoms with Crippen molar-refractivity contribution in [2.75, 3.05) is 0 Å². The first-order chi connectivity index (χ1) is 51.1. The molecular formula is C106H106. The third kappa shape index (κ3) is 24.2. The lowest BCUT2D eigenvalue weighted by atomic mass is 9.96. The van der Waals surface area contributed by atoms with E-state index in [0.29, 0.717) is 0 Å². The third-order valence-electron chi connectivity index (χ3n) is 18.3. The van der Waals surface area contributed by atoms with E-state index in [0.717, 1.165) is 0 Å². The molecule has 0 aliphatic carbocycles. The molecule has 0 radical (unpaired) electrons. The number of rotatable bonds is 5. The van der Waals surface area contributed by atoms with E-state index in [-0.39, 0.29) is 0 Å². The summed E-state index contributed by atoms with van der Waals surface area (Å²) in [6.45, 7) is 34.1. The van der Waals surface area contributed by atoms with Crippen LogP contribution >= 0.6 is 0 Å². The first kappa shape index (κ1) is 78.4. The van der Waals surface area contributed by atoms with Gasteiger partial charge in [0, 0.05) is 0 Å². The van der Waals surface area contributed by atoms with Crippen LogP contribution in [0.3, 0.4) is 0 Å². The summed E-state index contributed by atoms with van der Waals surface area (Å²) in [4.78, 5) is 0. The van der Waals surface area contributed by atoms with Crippen LogP contribution in [0.4, 0.5) is 0 Å². The molecule has 530 valence electrons. The lowest BCUT2D eigenvalue weighted by molar-refractivity contribution is 1.32. The van der Waals surface area contributed by atoms with E-state index in [2.05, 4.69) is 450 Å². The lowest BCUT2D eigenvalue weighted by Crippen LogP contribution is -1.83. The van der Waals surface area contributed by atoms with Gasteiger partial charge in [0.15, 0.2) is 0 Å². The first-order valence-corrected chi connectivity index (χ1v) is 37.2. The Morgan fingerprint density at radius 2 is 0.387 bits per heavy atom. The Labute approximate surface area is 635 Å². The zero-order chi connectivity index (χ0) is 75.5. The summed E-state index contributed by atoms with van der Waals surface area (Å²) >= 11 is 0. The van der Waals surface area contributed by atoms with Crippen LogP contribution in [0.2, 0.25) is 0 Å². The molecule has 0 spiro atoms. The summed E-state index contributed by atoms with van der Waals surface area (Å²) in [6, 6.07) is 125. The Morgan fingerprint density at radius 1 is 0.123 bits per heavy atom. The van der Waals surface area contributed by atoms with Gasteiger partial charge in [-0.1, -0.05) is 424 Å². The van der Waals surface area contributed by atoms with Crippen LogP contribution in [0.15, 0.2) is 352 Å². The minimum atomic E-state index is 1.27. The summed E-state index contributed by atoms with van der Waals surface area (Å²) < 4.78 is 0. The van der Waals surface area contributed by atoms with Gasteiger partial charge in [-0.25, -0.2) is 0 Å². The highest BCUT2D eigenvalue weighted by Gasteiger charge is 2.07. The Morgan fingerprint density at radius 3 is 0.755 bits per heavy atom. The predicted molar refractivity (Wildman–Crippen MR) is 467 cm³/mol. The molecule has 0 N–H and O–H groups in total. The van der Waals surface area contributed by atoms with E-state index in [1.807, 2.05) is 12.1 Å². The molecule has 0 heterocycles. The van der Waals surface area contributed by atoms with Crippen LogP contribution in [0.5, 0.6) is 0 Å². The van der Waals surface area contributed by atoms with Gasteiger partial charge in [-0.05, 0) is 216 Å². The van der Waals surface area contributed by atoms with Gasteiger partial charge in [-0.15, -0.1) is 0 Å². The van der Waals surface area contributed by atoms with Crippen LogP contribution in [0.25, 0.3) is 88.0 Å². The molecule has 0 saturated heterocycles. The van der Waals surface area contributed by atoms with Crippen molar-refractivity contribution in [2.45, 2.75) is 111 Å². The van der Waals surface area contributed by atoms with Crippen molar-refractivity contribution >= 4 is 32.3 Å². The summed E-state index contributed by atoms with van der Waals surface area (Å²) in [5.41, 5.74) is 34.4. The topological polar surface area (TPSA) is 0 Å². The van der Waals surface area contributed by atoms with Crippen LogP contribution in [0.1, 0.15) is 89.0 Å². The summed E-state index contributed by atoms with van der Waals surface area (Å²) in [5, 5.41) is 7.96. The van der Waals surface area contributed by atoms with Crippen LogP contribution in [0, 0.1) is 111 Å². The zero-order valence-corrected chi connectivity index (χ0v) is 65.5. The van der Waals surface area contributed by atoms with Crippen molar-refractivity contribution < 1.29 is 0 Å². The van der Waals surface area contributed by atoms with Gasteiger partial charge in [0.1, 0.15) is 0 Å². The summed E-state index contributed by atoms with van der Waals surface area (Å²) in [5.74, 6) is 0. The molecule has 0 amide bonds. The van der Waals surface area contributed by atoms with Crippen molar-refractivity contribution in [1.82, 2.24) is 0 Å². The van der Waals surface area contributed by atoms with Crippen molar-refractivity contribution in [3.05, 3.63) is 441 Å². The fourth-order valence-electron chi connectivity index (χ4n) is 14.0. The number of hydrogen-bond donors (Lipinski definition) is 0. The van der Waals surface area contributed by atoms with Crippen molar-refractivity contribution in [3.63, 3.8) is 0 Å². The highest BCUT2D eigenvalue weighted by atomic mass is 14.1. The van der Waals surface area contributed by atoms with Gasteiger partial charge in [0.25, 0.3) is 0 Å². The fraction of sp³-hybridized carbons (Fsp3) is 0.151. The second-order valence-corrected chi connectivity index (χ2v) is 28.6. The van der Waals surface area contributed by atoms with Crippen molar-refractivity contribution in [1.29, 1.82) is 0 Å². The van der Waals surface area contributed by atoms with Gasteiger partial charge in [-0.2, -0.15) is 0 Å². The molecule has 0 bridgehead atoms. The second kappa shape index (κ2) is 39.3. The minimum absolute atomic E-state index is 1.27. The van der Waals surface area contributed by atoms with Crippen molar-refractivity contribution in [3.8, 4) is 55.6 Å². The smallest absolute Gasteiger partial charge is 0.0103 e. The molecule has 0 fully saturated rings. The average molecular weight is 1380 g/mol. The molecular weight excluding hydrogens is 1270 g/mol. The molecule has 0 heteroatoms. The number of benzene rings is 16. The van der Waals surface area contributed by atoms with E-state index in [1.54, 1.807) is 0 Å². The van der Waals surface area contributed by atoms with E-state index < -0.39 is 0 Å². The number of hydrogen-bond acceptors (Lipinski definition) is 0. The second-order valence-electron chi connectivity index (χ2n) is 28.6. The Hall–Kier alpha value is -11.7. The molecule has 0 nitrogen and oxygen atoms in total. The summed E-state index contributed by atoms with van der Waals surface area (Å²) in [7, 11) is 0. The zero-order valence-electron chi connectivity index (χ0n) is 65.5. The quantitative estimate of drug-likeness (QED) is 0.161. The predicted octanol–water partition coefficient (Wildman–Crippen LogP) is 30.2. The monoisotopic (exact) mass is 1380 g/mol. The Balaban J connectivity index is 0.000000142. The molecule has 16 rings (SSSR count). The largest absolute Gasteiger partial charge is 0.0622 e. The number of fused-ring (bicyclic) bond motifs is 3. The molecule has 0 aliphatic rings. The van der Waals surface area contributed by atoms with Gasteiger partial charge < -0.3 is 0 Å². The van der Waals surface area contributed by atoms with Gasteiger partial charge in [0.2, 0.25) is 0 Å². The van der Waals surface area contributed by atoms with E-state index >= 15 is 0 Å². The van der Waals surface area contributed by atoms with Gasteiger partial charge >= 0.3 is 0 Å². The van der Waals surface area contributed by atoms with Crippen LogP contribution in [-0.4, -0.2) is 0 Å².